The van der Waals surface area contributed by atoms with Crippen LogP contribution < -0.4 is 5.73 Å². The number of nitrogens with two attached hydrogens (primary N) is 1. The molecule has 0 aliphatic carbocycles. The van der Waals surface area contributed by atoms with Gasteiger partial charge in [-0.15, -0.1) is 0 Å². The number of rotatable bonds is 5. The second kappa shape index (κ2) is 6.74. The highest BCUT2D eigenvalue weighted by molar-refractivity contribution is 6.30. The van der Waals surface area contributed by atoms with Crippen LogP contribution in [-0.2, 0) is 6.42 Å². The highest BCUT2D eigenvalue weighted by Gasteiger charge is 2.13. The summed E-state index contributed by atoms with van der Waals surface area (Å²) in [6.07, 6.45) is 2.02. The van der Waals surface area contributed by atoms with Crippen LogP contribution in [0, 0.1) is 0 Å². The van der Waals surface area contributed by atoms with Crippen LogP contribution in [-0.4, -0.2) is 6.54 Å². The molecule has 0 aromatic heterocycles. The third kappa shape index (κ3) is 3.59. The molecule has 2 aromatic rings. The normalized spacial score (nSPS) is 12.4. The summed E-state index contributed by atoms with van der Waals surface area (Å²) in [5, 5.41) is 0.775. The molecule has 0 saturated heterocycles. The Morgan fingerprint density at radius 3 is 1.95 bits per heavy atom. The quantitative estimate of drug-likeness (QED) is 0.859. The Morgan fingerprint density at radius 2 is 1.47 bits per heavy atom. The molecule has 1 unspecified atom stereocenters. The fourth-order valence-electron chi connectivity index (χ4n) is 2.37. The van der Waals surface area contributed by atoms with Crippen molar-refractivity contribution in [2.24, 2.45) is 5.73 Å². The molecule has 2 rings (SSSR count). The summed E-state index contributed by atoms with van der Waals surface area (Å²) in [4.78, 5) is 0. The summed E-state index contributed by atoms with van der Waals surface area (Å²) in [6, 6.07) is 16.9. The molecule has 100 valence electrons. The van der Waals surface area contributed by atoms with Gasteiger partial charge in [0.2, 0.25) is 0 Å². The molecule has 0 aliphatic rings. The lowest BCUT2D eigenvalue weighted by Gasteiger charge is -2.17. The Kier molecular flexibility index (Phi) is 5.00. The van der Waals surface area contributed by atoms with E-state index in [1.807, 2.05) is 12.1 Å². The van der Waals surface area contributed by atoms with E-state index >= 15 is 0 Å². The van der Waals surface area contributed by atoms with Crippen LogP contribution in [0.4, 0.5) is 0 Å². The smallest absolute Gasteiger partial charge is 0.0406 e. The van der Waals surface area contributed by atoms with E-state index in [2.05, 4.69) is 43.3 Å². The van der Waals surface area contributed by atoms with E-state index in [0.29, 0.717) is 12.5 Å². The average Bonchev–Trinajstić information content (AvgIpc) is 2.46. The first-order chi connectivity index (χ1) is 9.24. The van der Waals surface area contributed by atoms with Gasteiger partial charge in [-0.05, 0) is 48.2 Å². The van der Waals surface area contributed by atoms with Crippen molar-refractivity contribution in [3.63, 3.8) is 0 Å². The Balaban J connectivity index is 2.30. The number of halogens is 1. The van der Waals surface area contributed by atoms with Crippen molar-refractivity contribution in [1.82, 2.24) is 0 Å². The Labute approximate surface area is 120 Å². The molecule has 0 bridgehead atoms. The minimum atomic E-state index is 0.355. The van der Waals surface area contributed by atoms with Gasteiger partial charge in [0.05, 0.1) is 0 Å². The van der Waals surface area contributed by atoms with Crippen LogP contribution in [0.25, 0.3) is 0 Å². The predicted octanol–water partition coefficient (Wildman–Crippen LogP) is 4.38. The second-order valence-electron chi connectivity index (χ2n) is 4.78. The van der Waals surface area contributed by atoms with Gasteiger partial charge in [-0.3, -0.25) is 0 Å². The molecule has 2 aromatic carbocycles. The molecule has 0 aliphatic heterocycles. The van der Waals surface area contributed by atoms with E-state index < -0.39 is 0 Å². The van der Waals surface area contributed by atoms with Gasteiger partial charge >= 0.3 is 0 Å². The van der Waals surface area contributed by atoms with Crippen molar-refractivity contribution in [2.45, 2.75) is 25.7 Å². The van der Waals surface area contributed by atoms with E-state index in [1.165, 1.54) is 16.7 Å². The maximum Gasteiger partial charge on any atom is 0.0406 e. The molecule has 1 atom stereocenters. The maximum absolute atomic E-state index is 5.95. The van der Waals surface area contributed by atoms with Crippen LogP contribution in [0.3, 0.4) is 0 Å². The van der Waals surface area contributed by atoms with Gasteiger partial charge in [0.1, 0.15) is 0 Å². The first-order valence-electron chi connectivity index (χ1n) is 6.79. The van der Waals surface area contributed by atoms with E-state index in [9.17, 15) is 0 Å². The van der Waals surface area contributed by atoms with Crippen LogP contribution in [0.15, 0.2) is 48.5 Å². The number of benzene rings is 2. The maximum atomic E-state index is 5.95. The minimum Gasteiger partial charge on any atom is -0.330 e. The van der Waals surface area contributed by atoms with Crippen LogP contribution in [0.2, 0.25) is 5.02 Å². The van der Waals surface area contributed by atoms with Crippen molar-refractivity contribution in [1.29, 1.82) is 0 Å². The largest absolute Gasteiger partial charge is 0.330 e. The van der Waals surface area contributed by atoms with Gasteiger partial charge in [-0.1, -0.05) is 54.9 Å². The van der Waals surface area contributed by atoms with Gasteiger partial charge in [0, 0.05) is 10.9 Å². The molecule has 2 N–H and O–H groups in total. The molecular weight excluding hydrogens is 254 g/mol. The fraction of sp³-hybridized carbons (Fsp3) is 0.294. The predicted molar refractivity (Wildman–Crippen MR) is 82.8 cm³/mol. The lowest BCUT2D eigenvalue weighted by atomic mass is 9.88. The lowest BCUT2D eigenvalue weighted by Crippen LogP contribution is -2.08. The molecule has 0 radical (unpaired) electrons. The summed E-state index contributed by atoms with van der Waals surface area (Å²) >= 11 is 5.95. The molecule has 0 heterocycles. The fourth-order valence-corrected chi connectivity index (χ4v) is 2.50. The van der Waals surface area contributed by atoms with Crippen molar-refractivity contribution in [2.75, 3.05) is 6.54 Å². The molecular formula is C17H20ClN. The summed E-state index contributed by atoms with van der Waals surface area (Å²) in [7, 11) is 0. The third-order valence-electron chi connectivity index (χ3n) is 3.52. The zero-order valence-corrected chi connectivity index (χ0v) is 12.0. The molecule has 2 heteroatoms. The van der Waals surface area contributed by atoms with Gasteiger partial charge < -0.3 is 5.73 Å². The van der Waals surface area contributed by atoms with Gasteiger partial charge in [-0.2, -0.15) is 0 Å². The monoisotopic (exact) mass is 273 g/mol. The van der Waals surface area contributed by atoms with Crippen molar-refractivity contribution in [3.05, 3.63) is 70.2 Å². The second-order valence-corrected chi connectivity index (χ2v) is 5.21. The SMILES string of the molecule is CCc1ccc(C(CCN)c2ccc(Cl)cc2)cc1. The zero-order valence-electron chi connectivity index (χ0n) is 11.3. The number of hydrogen-bond acceptors (Lipinski definition) is 1. The molecule has 0 amide bonds. The van der Waals surface area contributed by atoms with Crippen molar-refractivity contribution >= 4 is 11.6 Å². The Morgan fingerprint density at radius 1 is 0.947 bits per heavy atom. The van der Waals surface area contributed by atoms with Gasteiger partial charge in [0.15, 0.2) is 0 Å². The first-order valence-corrected chi connectivity index (χ1v) is 7.16. The van der Waals surface area contributed by atoms with E-state index in [1.54, 1.807) is 0 Å². The summed E-state index contributed by atoms with van der Waals surface area (Å²) in [5.74, 6) is 0.355. The summed E-state index contributed by atoms with van der Waals surface area (Å²) in [6.45, 7) is 2.86. The van der Waals surface area contributed by atoms with E-state index in [4.69, 9.17) is 17.3 Å². The Hall–Kier alpha value is -1.31. The zero-order chi connectivity index (χ0) is 13.7. The number of hydrogen-bond donors (Lipinski definition) is 1. The standard InChI is InChI=1S/C17H20ClN/c1-2-13-3-5-14(6-4-13)17(11-12-19)15-7-9-16(18)10-8-15/h3-10,17H,2,11-12,19H2,1H3. The molecule has 19 heavy (non-hydrogen) atoms. The molecule has 0 fully saturated rings. The van der Waals surface area contributed by atoms with Gasteiger partial charge in [0.25, 0.3) is 0 Å². The Bertz CT molecular complexity index is 502. The summed E-state index contributed by atoms with van der Waals surface area (Å²) < 4.78 is 0. The van der Waals surface area contributed by atoms with Crippen molar-refractivity contribution in [3.8, 4) is 0 Å². The lowest BCUT2D eigenvalue weighted by molar-refractivity contribution is 0.726. The number of aryl methyl sites for hydroxylation is 1. The minimum absolute atomic E-state index is 0.355. The summed E-state index contributed by atoms with van der Waals surface area (Å²) in [5.41, 5.74) is 9.73. The van der Waals surface area contributed by atoms with Crippen LogP contribution >= 0.6 is 11.6 Å². The molecule has 0 spiro atoms. The molecule has 1 nitrogen and oxygen atoms in total. The highest BCUT2D eigenvalue weighted by atomic mass is 35.5. The van der Waals surface area contributed by atoms with Crippen LogP contribution in [0.5, 0.6) is 0 Å². The highest BCUT2D eigenvalue weighted by Crippen LogP contribution is 2.28. The average molecular weight is 274 g/mol. The first kappa shape index (κ1) is 14.1. The third-order valence-corrected chi connectivity index (χ3v) is 3.77. The van der Waals surface area contributed by atoms with Crippen LogP contribution in [0.1, 0.15) is 36.0 Å². The van der Waals surface area contributed by atoms with E-state index in [-0.39, 0.29) is 0 Å². The van der Waals surface area contributed by atoms with E-state index in [0.717, 1.165) is 17.9 Å². The van der Waals surface area contributed by atoms with Crippen molar-refractivity contribution < 1.29 is 0 Å². The van der Waals surface area contributed by atoms with Gasteiger partial charge in [-0.25, -0.2) is 0 Å². The topological polar surface area (TPSA) is 26.0 Å². The molecule has 0 saturated carbocycles.